The molecule has 1 saturated carbocycles. The zero-order chi connectivity index (χ0) is 21.7. The Morgan fingerprint density at radius 1 is 1.33 bits per heavy atom. The minimum atomic E-state index is -0.819. The number of anilines is 3. The van der Waals surface area contributed by atoms with Gasteiger partial charge in [0.1, 0.15) is 0 Å². The monoisotopic (exact) mass is 451 g/mol. The number of aromatic nitrogens is 3. The fourth-order valence-corrected chi connectivity index (χ4v) is 4.73. The van der Waals surface area contributed by atoms with Crippen LogP contribution in [0.15, 0.2) is 12.3 Å². The number of carboxylic acid groups (broad SMARTS) is 1. The molecule has 2 aromatic rings. The highest BCUT2D eigenvalue weighted by Crippen LogP contribution is 2.35. The summed E-state index contributed by atoms with van der Waals surface area (Å²) in [7, 11) is 0. The van der Waals surface area contributed by atoms with Gasteiger partial charge in [-0.3, -0.25) is 4.79 Å². The van der Waals surface area contributed by atoms with Crippen molar-refractivity contribution in [2.75, 3.05) is 16.8 Å². The van der Waals surface area contributed by atoms with Crippen LogP contribution in [0.2, 0.25) is 5.28 Å². The van der Waals surface area contributed by atoms with Gasteiger partial charge in [-0.1, -0.05) is 40.0 Å². The van der Waals surface area contributed by atoms with Crippen LogP contribution in [0.1, 0.15) is 70.8 Å². The fraction of sp³-hybridized carbons (Fsp3) is 0.619. The molecule has 0 aliphatic heterocycles. The molecule has 30 heavy (non-hydrogen) atoms. The first-order valence-electron chi connectivity index (χ1n) is 10.6. The largest absolute Gasteiger partial charge is 0.481 e. The predicted molar refractivity (Wildman–Crippen MR) is 122 cm³/mol. The summed E-state index contributed by atoms with van der Waals surface area (Å²) >= 11 is 7.11. The molecule has 7 nitrogen and oxygen atoms in total. The molecule has 0 saturated heterocycles. The summed E-state index contributed by atoms with van der Waals surface area (Å²) in [5.41, 5.74) is 1.70. The van der Waals surface area contributed by atoms with Crippen LogP contribution in [0, 0.1) is 5.92 Å². The molecule has 1 aliphatic carbocycles. The molecule has 9 heteroatoms. The summed E-state index contributed by atoms with van der Waals surface area (Å²) in [5.74, 6) is 0.410. The van der Waals surface area contributed by atoms with Gasteiger partial charge >= 0.3 is 5.97 Å². The SMILES string of the molecule is CC(C)CN(c1ncc([C@H](C)CC(=O)O)cc1Nc1nc(Cl)ns1)C1CCCCC1. The van der Waals surface area contributed by atoms with E-state index in [-0.39, 0.29) is 17.6 Å². The molecular weight excluding hydrogens is 422 g/mol. The zero-order valence-corrected chi connectivity index (χ0v) is 19.3. The maximum atomic E-state index is 11.2. The Bertz CT molecular complexity index is 854. The number of nitrogens with one attached hydrogen (secondary N) is 1. The van der Waals surface area contributed by atoms with Crippen molar-refractivity contribution in [3.63, 3.8) is 0 Å². The zero-order valence-electron chi connectivity index (χ0n) is 17.8. The molecule has 0 bridgehead atoms. The third-order valence-corrected chi connectivity index (χ3v) is 6.33. The molecule has 2 aromatic heterocycles. The van der Waals surface area contributed by atoms with Gasteiger partial charge in [-0.15, -0.1) is 0 Å². The molecule has 2 N–H and O–H groups in total. The lowest BCUT2D eigenvalue weighted by Gasteiger charge is -2.37. The van der Waals surface area contributed by atoms with Crippen molar-refractivity contribution >= 4 is 45.7 Å². The molecule has 0 unspecified atom stereocenters. The second kappa shape index (κ2) is 10.4. The molecule has 3 rings (SSSR count). The van der Waals surface area contributed by atoms with E-state index in [1.165, 1.54) is 30.8 Å². The lowest BCUT2D eigenvalue weighted by molar-refractivity contribution is -0.137. The van der Waals surface area contributed by atoms with Gasteiger partial charge < -0.3 is 15.3 Å². The van der Waals surface area contributed by atoms with Crippen molar-refractivity contribution < 1.29 is 9.90 Å². The predicted octanol–water partition coefficient (Wildman–Crippen LogP) is 5.70. The number of hydrogen-bond donors (Lipinski definition) is 2. The molecule has 1 atom stereocenters. The first-order chi connectivity index (χ1) is 14.3. The van der Waals surface area contributed by atoms with Crippen LogP contribution in [-0.4, -0.2) is 38.0 Å². The molecule has 2 heterocycles. The molecule has 1 fully saturated rings. The lowest BCUT2D eigenvalue weighted by Crippen LogP contribution is -2.40. The summed E-state index contributed by atoms with van der Waals surface area (Å²) < 4.78 is 4.04. The Morgan fingerprint density at radius 3 is 2.67 bits per heavy atom. The Kier molecular flexibility index (Phi) is 7.88. The molecule has 0 aromatic carbocycles. The van der Waals surface area contributed by atoms with Crippen molar-refractivity contribution in [1.82, 2.24) is 14.3 Å². The van der Waals surface area contributed by atoms with E-state index in [4.69, 9.17) is 16.6 Å². The average molecular weight is 452 g/mol. The molecule has 1 aliphatic rings. The third kappa shape index (κ3) is 6.04. The Labute approximate surface area is 187 Å². The number of aliphatic carboxylic acids is 1. The summed E-state index contributed by atoms with van der Waals surface area (Å²) in [5, 5.41) is 13.3. The van der Waals surface area contributed by atoms with Gasteiger partial charge in [-0.2, -0.15) is 9.36 Å². The van der Waals surface area contributed by atoms with Crippen LogP contribution in [0.4, 0.5) is 16.6 Å². The van der Waals surface area contributed by atoms with Gasteiger partial charge in [-0.25, -0.2) is 4.98 Å². The minimum Gasteiger partial charge on any atom is -0.481 e. The smallest absolute Gasteiger partial charge is 0.303 e. The molecular formula is C21H30ClN5O2S. The highest BCUT2D eigenvalue weighted by molar-refractivity contribution is 7.10. The van der Waals surface area contributed by atoms with Crippen LogP contribution in [-0.2, 0) is 4.79 Å². The highest BCUT2D eigenvalue weighted by Gasteiger charge is 2.26. The molecule has 164 valence electrons. The van der Waals surface area contributed by atoms with Gasteiger partial charge in [0.25, 0.3) is 0 Å². The first-order valence-corrected chi connectivity index (χ1v) is 11.7. The summed E-state index contributed by atoms with van der Waals surface area (Å²) in [6.45, 7) is 7.25. The fourth-order valence-electron chi connectivity index (χ4n) is 4.01. The minimum absolute atomic E-state index is 0.0590. The first kappa shape index (κ1) is 22.7. The van der Waals surface area contributed by atoms with Crippen molar-refractivity contribution in [3.8, 4) is 0 Å². The van der Waals surface area contributed by atoms with Crippen LogP contribution in [0.25, 0.3) is 0 Å². The standard InChI is InChI=1S/C21H30ClN5O2S/c1-13(2)12-27(16-7-5-4-6-8-16)19-17(24-21-25-20(22)26-30-21)10-15(11-23-19)14(3)9-18(28)29/h10-11,13-14,16H,4-9,12H2,1-3H3,(H,28,29)(H,24,25,26)/t14-/m1/s1. The van der Waals surface area contributed by atoms with Gasteiger partial charge in [0.15, 0.2) is 5.82 Å². The van der Waals surface area contributed by atoms with E-state index >= 15 is 0 Å². The van der Waals surface area contributed by atoms with Crippen molar-refractivity contribution in [3.05, 3.63) is 23.1 Å². The normalized spacial score (nSPS) is 15.9. The van der Waals surface area contributed by atoms with Crippen molar-refractivity contribution in [1.29, 1.82) is 0 Å². The quantitative estimate of drug-likeness (QED) is 0.504. The number of pyridine rings is 1. The van der Waals surface area contributed by atoms with Crippen LogP contribution < -0.4 is 10.2 Å². The number of rotatable bonds is 9. The lowest BCUT2D eigenvalue weighted by atomic mass is 9.93. The van der Waals surface area contributed by atoms with E-state index in [2.05, 4.69) is 33.4 Å². The van der Waals surface area contributed by atoms with Gasteiger partial charge in [-0.05, 0) is 47.9 Å². The van der Waals surface area contributed by atoms with Crippen LogP contribution in [0.5, 0.6) is 0 Å². The van der Waals surface area contributed by atoms with E-state index in [1.807, 2.05) is 19.2 Å². The molecule has 0 amide bonds. The third-order valence-electron chi connectivity index (χ3n) is 5.43. The molecule has 0 radical (unpaired) electrons. The topological polar surface area (TPSA) is 91.2 Å². The number of carboxylic acids is 1. The number of hydrogen-bond acceptors (Lipinski definition) is 7. The second-order valence-corrected chi connectivity index (χ2v) is 9.56. The summed E-state index contributed by atoms with van der Waals surface area (Å²) in [6.07, 6.45) is 7.97. The van der Waals surface area contributed by atoms with E-state index in [0.29, 0.717) is 17.1 Å². The maximum Gasteiger partial charge on any atom is 0.303 e. The van der Waals surface area contributed by atoms with Gasteiger partial charge in [0.2, 0.25) is 10.4 Å². The van der Waals surface area contributed by atoms with E-state index in [0.717, 1.165) is 36.5 Å². The number of carbonyl (C=O) groups is 1. The second-order valence-electron chi connectivity index (χ2n) is 8.47. The Morgan fingerprint density at radius 2 is 2.07 bits per heavy atom. The van der Waals surface area contributed by atoms with Crippen LogP contribution >= 0.6 is 23.1 Å². The highest BCUT2D eigenvalue weighted by atomic mass is 35.5. The van der Waals surface area contributed by atoms with E-state index in [9.17, 15) is 9.90 Å². The average Bonchev–Trinajstić information content (AvgIpc) is 3.11. The summed E-state index contributed by atoms with van der Waals surface area (Å²) in [4.78, 5) is 22.7. The van der Waals surface area contributed by atoms with Crippen LogP contribution in [0.3, 0.4) is 0 Å². The van der Waals surface area contributed by atoms with Crippen molar-refractivity contribution in [2.45, 2.75) is 71.3 Å². The number of nitrogens with zero attached hydrogens (tertiary/aromatic N) is 4. The number of halogens is 1. The van der Waals surface area contributed by atoms with E-state index < -0.39 is 5.97 Å². The van der Waals surface area contributed by atoms with Crippen molar-refractivity contribution in [2.24, 2.45) is 5.92 Å². The maximum absolute atomic E-state index is 11.2. The molecule has 0 spiro atoms. The van der Waals surface area contributed by atoms with E-state index in [1.54, 1.807) is 0 Å². The van der Waals surface area contributed by atoms with Gasteiger partial charge in [0.05, 0.1) is 12.1 Å². The Hall–Kier alpha value is -1.93. The van der Waals surface area contributed by atoms with Gasteiger partial charge in [0, 0.05) is 30.3 Å². The Balaban J connectivity index is 1.99. The summed E-state index contributed by atoms with van der Waals surface area (Å²) in [6, 6.07) is 2.45.